The van der Waals surface area contributed by atoms with Crippen molar-refractivity contribution in [2.24, 2.45) is 0 Å². The quantitative estimate of drug-likeness (QED) is 0.635. The Morgan fingerprint density at radius 3 is 2.76 bits per heavy atom. The fourth-order valence-electron chi connectivity index (χ4n) is 2.51. The number of halogens is 1. The zero-order chi connectivity index (χ0) is 17.4. The third-order valence-electron chi connectivity index (χ3n) is 3.60. The summed E-state index contributed by atoms with van der Waals surface area (Å²) >= 11 is 0. The minimum atomic E-state index is -0.404. The highest BCUT2D eigenvalue weighted by atomic mass is 35.5. The van der Waals surface area contributed by atoms with Crippen LogP contribution in [-0.4, -0.2) is 50.8 Å². The third-order valence-corrected chi connectivity index (χ3v) is 3.60. The Morgan fingerprint density at radius 1 is 1.32 bits per heavy atom. The normalized spacial score (nSPS) is 16.5. The largest absolute Gasteiger partial charge is 0.462 e. The molecule has 0 radical (unpaired) electrons. The van der Waals surface area contributed by atoms with Crippen molar-refractivity contribution in [1.82, 2.24) is 5.32 Å². The number of ether oxygens (including phenoxy) is 2. The van der Waals surface area contributed by atoms with Crippen molar-refractivity contribution in [3.8, 4) is 0 Å². The average Bonchev–Trinajstić information content (AvgIpc) is 2.57. The van der Waals surface area contributed by atoms with E-state index < -0.39 is 5.97 Å². The topological polar surface area (TPSA) is 88.7 Å². The van der Waals surface area contributed by atoms with E-state index in [4.69, 9.17) is 9.47 Å². The average molecular weight is 372 g/mol. The van der Waals surface area contributed by atoms with Crippen molar-refractivity contribution in [2.45, 2.75) is 26.3 Å². The summed E-state index contributed by atoms with van der Waals surface area (Å²) in [5.74, 6) is -0.531. The molecule has 1 heterocycles. The van der Waals surface area contributed by atoms with Crippen molar-refractivity contribution < 1.29 is 19.1 Å². The fraction of sp³-hybridized carbons (Fsp3) is 0.529. The maximum Gasteiger partial charge on any atom is 0.338 e. The molecule has 0 saturated carbocycles. The van der Waals surface area contributed by atoms with E-state index in [0.717, 1.165) is 12.2 Å². The van der Waals surface area contributed by atoms with Crippen molar-refractivity contribution in [2.75, 3.05) is 43.5 Å². The molecule has 8 heteroatoms. The van der Waals surface area contributed by atoms with E-state index in [9.17, 15) is 9.59 Å². The Hall–Kier alpha value is -1.83. The standard InChI is InChI=1S/C17H25N3O4.ClH/c1-3-18-14-6-5-12(17(22)24-4-2)9-15(14)20-16(21)10-13-11-23-8-7-19-13;/h5-6,9,13,18-19H,3-4,7-8,10-11H2,1-2H3,(H,20,21);1H. The molecule has 0 aliphatic carbocycles. The second-order valence-corrected chi connectivity index (χ2v) is 5.49. The summed E-state index contributed by atoms with van der Waals surface area (Å²) in [6, 6.07) is 5.10. The van der Waals surface area contributed by atoms with Crippen LogP contribution in [0.3, 0.4) is 0 Å². The van der Waals surface area contributed by atoms with E-state index in [1.807, 2.05) is 6.92 Å². The first-order valence-corrected chi connectivity index (χ1v) is 8.30. The van der Waals surface area contributed by atoms with Crippen molar-refractivity contribution in [1.29, 1.82) is 0 Å². The van der Waals surface area contributed by atoms with Gasteiger partial charge in [-0.2, -0.15) is 0 Å². The molecule has 140 valence electrons. The highest BCUT2D eigenvalue weighted by molar-refractivity contribution is 5.98. The molecule has 0 aromatic heterocycles. The molecule has 0 bridgehead atoms. The molecule has 1 unspecified atom stereocenters. The summed E-state index contributed by atoms with van der Waals surface area (Å²) in [5, 5.41) is 9.30. The number of rotatable bonds is 7. The number of benzene rings is 1. The Kier molecular flexibility index (Phi) is 9.26. The van der Waals surface area contributed by atoms with E-state index in [0.29, 0.717) is 44.0 Å². The van der Waals surface area contributed by atoms with Crippen molar-refractivity contribution in [3.63, 3.8) is 0 Å². The second kappa shape index (κ2) is 10.9. The van der Waals surface area contributed by atoms with Gasteiger partial charge in [0.2, 0.25) is 5.91 Å². The number of carbonyl (C=O) groups excluding carboxylic acids is 2. The summed E-state index contributed by atoms with van der Waals surface area (Å²) < 4.78 is 10.4. The van der Waals surface area contributed by atoms with Gasteiger partial charge in [-0.05, 0) is 32.0 Å². The number of anilines is 2. The maximum absolute atomic E-state index is 12.3. The Balaban J connectivity index is 0.00000312. The van der Waals surface area contributed by atoms with Crippen LogP contribution in [0.5, 0.6) is 0 Å². The lowest BCUT2D eigenvalue weighted by molar-refractivity contribution is -0.117. The number of amides is 1. The van der Waals surface area contributed by atoms with E-state index in [-0.39, 0.29) is 24.4 Å². The summed E-state index contributed by atoms with van der Waals surface area (Å²) in [4.78, 5) is 24.2. The van der Waals surface area contributed by atoms with Gasteiger partial charge in [0.15, 0.2) is 0 Å². The van der Waals surface area contributed by atoms with Crippen molar-refractivity contribution >= 4 is 35.7 Å². The molecular weight excluding hydrogens is 346 g/mol. The molecule has 1 saturated heterocycles. The van der Waals surface area contributed by atoms with Gasteiger partial charge in [0, 0.05) is 25.6 Å². The molecule has 7 nitrogen and oxygen atoms in total. The lowest BCUT2D eigenvalue weighted by Gasteiger charge is -2.23. The van der Waals surface area contributed by atoms with Crippen LogP contribution in [0.2, 0.25) is 0 Å². The lowest BCUT2D eigenvalue weighted by Crippen LogP contribution is -2.43. The van der Waals surface area contributed by atoms with Gasteiger partial charge in [-0.1, -0.05) is 0 Å². The summed E-state index contributed by atoms with van der Waals surface area (Å²) in [7, 11) is 0. The zero-order valence-electron chi connectivity index (χ0n) is 14.6. The Morgan fingerprint density at radius 2 is 2.12 bits per heavy atom. The Labute approximate surface area is 154 Å². The van der Waals surface area contributed by atoms with Crippen LogP contribution in [0.4, 0.5) is 11.4 Å². The van der Waals surface area contributed by atoms with Gasteiger partial charge in [0.25, 0.3) is 0 Å². The summed E-state index contributed by atoms with van der Waals surface area (Å²) in [5.41, 5.74) is 1.75. The summed E-state index contributed by atoms with van der Waals surface area (Å²) in [6.07, 6.45) is 0.315. The van der Waals surface area contributed by atoms with E-state index in [1.54, 1.807) is 25.1 Å². The molecule has 1 aromatic rings. The number of hydrogen-bond acceptors (Lipinski definition) is 6. The maximum atomic E-state index is 12.3. The molecular formula is C17H26ClN3O4. The molecule has 1 atom stereocenters. The van der Waals surface area contributed by atoms with Gasteiger partial charge in [0.1, 0.15) is 0 Å². The SMILES string of the molecule is CCNc1ccc(C(=O)OCC)cc1NC(=O)CC1COCCN1.Cl. The highest BCUT2D eigenvalue weighted by Crippen LogP contribution is 2.24. The minimum Gasteiger partial charge on any atom is -0.462 e. The molecule has 0 spiro atoms. The summed E-state index contributed by atoms with van der Waals surface area (Å²) in [6.45, 7) is 6.68. The molecule has 1 fully saturated rings. The minimum absolute atomic E-state index is 0. The molecule has 3 N–H and O–H groups in total. The van der Waals surface area contributed by atoms with Crippen LogP contribution >= 0.6 is 12.4 Å². The van der Waals surface area contributed by atoms with Crippen molar-refractivity contribution in [3.05, 3.63) is 23.8 Å². The van der Waals surface area contributed by atoms with Gasteiger partial charge in [-0.3, -0.25) is 4.79 Å². The number of morpholine rings is 1. The van der Waals surface area contributed by atoms with Crippen LogP contribution < -0.4 is 16.0 Å². The first-order valence-electron chi connectivity index (χ1n) is 8.30. The molecule has 2 rings (SSSR count). The van der Waals surface area contributed by atoms with Crippen LogP contribution in [0.15, 0.2) is 18.2 Å². The Bertz CT molecular complexity index is 577. The predicted molar refractivity (Wildman–Crippen MR) is 99.7 cm³/mol. The fourth-order valence-corrected chi connectivity index (χ4v) is 2.51. The lowest BCUT2D eigenvalue weighted by atomic mass is 10.1. The van der Waals surface area contributed by atoms with Gasteiger partial charge in [-0.25, -0.2) is 4.79 Å². The number of hydrogen-bond donors (Lipinski definition) is 3. The smallest absolute Gasteiger partial charge is 0.338 e. The van der Waals surface area contributed by atoms with Gasteiger partial charge < -0.3 is 25.4 Å². The molecule has 1 aromatic carbocycles. The molecule has 1 amide bonds. The number of nitrogens with one attached hydrogen (secondary N) is 3. The highest BCUT2D eigenvalue weighted by Gasteiger charge is 2.18. The number of carbonyl (C=O) groups is 2. The van der Waals surface area contributed by atoms with Crippen LogP contribution in [0.25, 0.3) is 0 Å². The first-order chi connectivity index (χ1) is 11.6. The third kappa shape index (κ3) is 6.53. The van der Waals surface area contributed by atoms with E-state index >= 15 is 0 Å². The number of esters is 1. The first kappa shape index (κ1) is 21.2. The van der Waals surface area contributed by atoms with Crippen LogP contribution in [0, 0.1) is 0 Å². The second-order valence-electron chi connectivity index (χ2n) is 5.49. The van der Waals surface area contributed by atoms with E-state index in [1.165, 1.54) is 0 Å². The van der Waals surface area contributed by atoms with Crippen LogP contribution in [-0.2, 0) is 14.3 Å². The van der Waals surface area contributed by atoms with Crippen LogP contribution in [0.1, 0.15) is 30.6 Å². The van der Waals surface area contributed by atoms with Gasteiger partial charge >= 0.3 is 5.97 Å². The molecule has 1 aliphatic rings. The monoisotopic (exact) mass is 371 g/mol. The van der Waals surface area contributed by atoms with E-state index in [2.05, 4.69) is 16.0 Å². The van der Waals surface area contributed by atoms with Gasteiger partial charge in [0.05, 0.1) is 36.8 Å². The zero-order valence-corrected chi connectivity index (χ0v) is 15.4. The predicted octanol–water partition coefficient (Wildman–Crippen LogP) is 2.03. The molecule has 1 aliphatic heterocycles. The molecule has 25 heavy (non-hydrogen) atoms. The van der Waals surface area contributed by atoms with Gasteiger partial charge in [-0.15, -0.1) is 12.4 Å².